The third kappa shape index (κ3) is 5.05. The highest BCUT2D eigenvalue weighted by atomic mass is 16.5. The SMILES string of the molecule is COCCOc1cccc(NCc2cn(CCO)nn2)c1. The van der Waals surface area contributed by atoms with E-state index in [1.807, 2.05) is 30.5 Å². The fourth-order valence-electron chi connectivity index (χ4n) is 1.76. The molecule has 1 aromatic carbocycles. The second-order valence-corrected chi connectivity index (χ2v) is 4.42. The number of ether oxygens (including phenoxy) is 2. The Morgan fingerprint density at radius 3 is 3.05 bits per heavy atom. The van der Waals surface area contributed by atoms with Gasteiger partial charge < -0.3 is 19.9 Å². The summed E-state index contributed by atoms with van der Waals surface area (Å²) < 4.78 is 12.1. The first kappa shape index (κ1) is 15.3. The molecule has 114 valence electrons. The number of hydrogen-bond acceptors (Lipinski definition) is 6. The van der Waals surface area contributed by atoms with Crippen LogP contribution in [0.5, 0.6) is 5.75 Å². The van der Waals surface area contributed by atoms with E-state index in [1.165, 1.54) is 0 Å². The van der Waals surface area contributed by atoms with Crippen LogP contribution in [0.15, 0.2) is 30.5 Å². The van der Waals surface area contributed by atoms with Crippen LogP contribution in [0.4, 0.5) is 5.69 Å². The summed E-state index contributed by atoms with van der Waals surface area (Å²) in [4.78, 5) is 0. The minimum Gasteiger partial charge on any atom is -0.491 e. The van der Waals surface area contributed by atoms with Crippen LogP contribution in [0.1, 0.15) is 5.69 Å². The van der Waals surface area contributed by atoms with Crippen molar-refractivity contribution >= 4 is 5.69 Å². The van der Waals surface area contributed by atoms with E-state index in [-0.39, 0.29) is 6.61 Å². The van der Waals surface area contributed by atoms with Crippen molar-refractivity contribution in [1.29, 1.82) is 0 Å². The smallest absolute Gasteiger partial charge is 0.121 e. The largest absolute Gasteiger partial charge is 0.491 e. The van der Waals surface area contributed by atoms with Gasteiger partial charge in [0.25, 0.3) is 0 Å². The molecule has 1 aromatic heterocycles. The molecule has 0 spiro atoms. The van der Waals surface area contributed by atoms with E-state index in [2.05, 4.69) is 15.6 Å². The van der Waals surface area contributed by atoms with Crippen LogP contribution >= 0.6 is 0 Å². The maximum atomic E-state index is 8.83. The van der Waals surface area contributed by atoms with Gasteiger partial charge in [0.05, 0.1) is 32.5 Å². The zero-order valence-corrected chi connectivity index (χ0v) is 12.0. The highest BCUT2D eigenvalue weighted by Crippen LogP contribution is 2.17. The molecule has 7 heteroatoms. The van der Waals surface area contributed by atoms with Crippen molar-refractivity contribution in [2.75, 3.05) is 32.2 Å². The second kappa shape index (κ2) is 8.23. The molecule has 0 radical (unpaired) electrons. The number of nitrogens with zero attached hydrogens (tertiary/aromatic N) is 3. The van der Waals surface area contributed by atoms with Crippen molar-refractivity contribution in [3.63, 3.8) is 0 Å². The van der Waals surface area contributed by atoms with Crippen molar-refractivity contribution < 1.29 is 14.6 Å². The molecule has 2 rings (SSSR count). The Morgan fingerprint density at radius 1 is 1.33 bits per heavy atom. The van der Waals surface area contributed by atoms with Gasteiger partial charge in [0.1, 0.15) is 18.1 Å². The molecule has 0 saturated carbocycles. The summed E-state index contributed by atoms with van der Waals surface area (Å²) in [5.41, 5.74) is 1.76. The molecule has 2 N–H and O–H groups in total. The number of benzene rings is 1. The number of anilines is 1. The second-order valence-electron chi connectivity index (χ2n) is 4.42. The van der Waals surface area contributed by atoms with E-state index >= 15 is 0 Å². The van der Waals surface area contributed by atoms with Crippen LogP contribution < -0.4 is 10.1 Å². The summed E-state index contributed by atoms with van der Waals surface area (Å²) in [5.74, 6) is 0.793. The van der Waals surface area contributed by atoms with Gasteiger partial charge in [0, 0.05) is 18.9 Å². The Bertz CT molecular complexity index is 545. The zero-order chi connectivity index (χ0) is 14.9. The lowest BCUT2D eigenvalue weighted by Crippen LogP contribution is -2.05. The fraction of sp³-hybridized carbons (Fsp3) is 0.429. The van der Waals surface area contributed by atoms with Crippen LogP contribution in [0, 0.1) is 0 Å². The topological polar surface area (TPSA) is 81.4 Å². The first-order chi connectivity index (χ1) is 10.3. The molecule has 0 amide bonds. The number of aliphatic hydroxyl groups excluding tert-OH is 1. The Morgan fingerprint density at radius 2 is 2.24 bits per heavy atom. The normalized spacial score (nSPS) is 10.6. The molecule has 0 atom stereocenters. The Labute approximate surface area is 123 Å². The van der Waals surface area contributed by atoms with Gasteiger partial charge in [-0.25, -0.2) is 4.68 Å². The standard InChI is InChI=1S/C14H20N4O3/c1-20-7-8-21-14-4-2-3-12(9-14)15-10-13-11-18(5-6-19)17-16-13/h2-4,9,11,15,19H,5-8,10H2,1H3. The average Bonchev–Trinajstić information content (AvgIpc) is 2.94. The summed E-state index contributed by atoms with van der Waals surface area (Å²) in [5, 5.41) is 20.0. The van der Waals surface area contributed by atoms with Gasteiger partial charge in [-0.15, -0.1) is 5.10 Å². The van der Waals surface area contributed by atoms with Crippen LogP contribution in [0.2, 0.25) is 0 Å². The highest BCUT2D eigenvalue weighted by Gasteiger charge is 2.01. The predicted molar refractivity (Wildman–Crippen MR) is 78.2 cm³/mol. The maximum Gasteiger partial charge on any atom is 0.121 e. The van der Waals surface area contributed by atoms with Crippen LogP contribution in [-0.4, -0.2) is 47.0 Å². The van der Waals surface area contributed by atoms with Gasteiger partial charge >= 0.3 is 0 Å². The first-order valence-electron chi connectivity index (χ1n) is 6.77. The fourth-order valence-corrected chi connectivity index (χ4v) is 1.76. The van der Waals surface area contributed by atoms with E-state index in [0.717, 1.165) is 17.1 Å². The minimum absolute atomic E-state index is 0.0527. The van der Waals surface area contributed by atoms with E-state index < -0.39 is 0 Å². The lowest BCUT2D eigenvalue weighted by Gasteiger charge is -2.08. The summed E-state index contributed by atoms with van der Waals surface area (Å²) in [6.45, 7) is 2.15. The number of rotatable bonds is 9. The van der Waals surface area contributed by atoms with Gasteiger partial charge in [0.15, 0.2) is 0 Å². The molecule has 2 aromatic rings. The summed E-state index contributed by atoms with van der Waals surface area (Å²) >= 11 is 0. The van der Waals surface area contributed by atoms with Crippen molar-refractivity contribution in [3.05, 3.63) is 36.2 Å². The maximum absolute atomic E-state index is 8.83. The Hall–Kier alpha value is -2.12. The van der Waals surface area contributed by atoms with Crippen molar-refractivity contribution in [2.24, 2.45) is 0 Å². The van der Waals surface area contributed by atoms with Gasteiger partial charge in [-0.3, -0.25) is 0 Å². The van der Waals surface area contributed by atoms with Gasteiger partial charge in [-0.1, -0.05) is 11.3 Å². The summed E-state index contributed by atoms with van der Waals surface area (Å²) in [6, 6.07) is 7.71. The number of methoxy groups -OCH3 is 1. The quantitative estimate of drug-likeness (QED) is 0.669. The van der Waals surface area contributed by atoms with E-state index in [4.69, 9.17) is 14.6 Å². The Kier molecular flexibility index (Phi) is 5.99. The van der Waals surface area contributed by atoms with Crippen molar-refractivity contribution in [2.45, 2.75) is 13.1 Å². The molecule has 0 aliphatic rings. The minimum atomic E-state index is 0.0527. The first-order valence-corrected chi connectivity index (χ1v) is 6.77. The lowest BCUT2D eigenvalue weighted by molar-refractivity contribution is 0.146. The highest BCUT2D eigenvalue weighted by molar-refractivity contribution is 5.48. The monoisotopic (exact) mass is 292 g/mol. The molecule has 0 saturated heterocycles. The molecular weight excluding hydrogens is 272 g/mol. The van der Waals surface area contributed by atoms with Crippen LogP contribution in [0.25, 0.3) is 0 Å². The van der Waals surface area contributed by atoms with Gasteiger partial charge in [-0.05, 0) is 12.1 Å². The van der Waals surface area contributed by atoms with Crippen molar-refractivity contribution in [1.82, 2.24) is 15.0 Å². The molecule has 7 nitrogen and oxygen atoms in total. The molecule has 0 bridgehead atoms. The third-order valence-electron chi connectivity index (χ3n) is 2.78. The average molecular weight is 292 g/mol. The molecule has 21 heavy (non-hydrogen) atoms. The summed E-state index contributed by atoms with van der Waals surface area (Å²) in [7, 11) is 1.64. The third-order valence-corrected chi connectivity index (χ3v) is 2.78. The van der Waals surface area contributed by atoms with Crippen LogP contribution in [0.3, 0.4) is 0 Å². The van der Waals surface area contributed by atoms with E-state index in [1.54, 1.807) is 11.8 Å². The van der Waals surface area contributed by atoms with Gasteiger partial charge in [-0.2, -0.15) is 0 Å². The summed E-state index contributed by atoms with van der Waals surface area (Å²) in [6.07, 6.45) is 1.81. The predicted octanol–water partition coefficient (Wildman–Crippen LogP) is 0.908. The molecule has 0 aliphatic carbocycles. The molecular formula is C14H20N4O3. The number of aromatic nitrogens is 3. The van der Waals surface area contributed by atoms with Gasteiger partial charge in [0.2, 0.25) is 0 Å². The molecule has 0 unspecified atom stereocenters. The number of nitrogens with one attached hydrogen (secondary N) is 1. The zero-order valence-electron chi connectivity index (χ0n) is 12.0. The van der Waals surface area contributed by atoms with Crippen LogP contribution in [-0.2, 0) is 17.8 Å². The van der Waals surface area contributed by atoms with E-state index in [0.29, 0.717) is 26.3 Å². The Balaban J connectivity index is 1.85. The molecule has 1 heterocycles. The number of hydrogen-bond donors (Lipinski definition) is 2. The molecule has 0 fully saturated rings. The van der Waals surface area contributed by atoms with Crippen molar-refractivity contribution in [3.8, 4) is 5.75 Å². The van der Waals surface area contributed by atoms with E-state index in [9.17, 15) is 0 Å². The number of aliphatic hydroxyl groups is 1. The lowest BCUT2D eigenvalue weighted by atomic mass is 10.3. The molecule has 0 aliphatic heterocycles.